The topological polar surface area (TPSA) is 31.4 Å². The van der Waals surface area contributed by atoms with Crippen molar-refractivity contribution in [3.63, 3.8) is 0 Å². The Balaban J connectivity index is 1.88. The summed E-state index contributed by atoms with van der Waals surface area (Å²) in [6.07, 6.45) is 7.01. The number of hydrogen-bond donors (Lipinski definition) is 0. The first-order valence-corrected chi connectivity index (χ1v) is 8.60. The normalized spacial score (nSPS) is 24.7. The van der Waals surface area contributed by atoms with Gasteiger partial charge in [0, 0.05) is 11.7 Å². The van der Waals surface area contributed by atoms with Crippen LogP contribution in [0.5, 0.6) is 0 Å². The lowest BCUT2D eigenvalue weighted by Gasteiger charge is -2.32. The molecule has 1 aromatic rings. The summed E-state index contributed by atoms with van der Waals surface area (Å²) in [5.41, 5.74) is 1.72. The molecular formula is C16H23BBrNO2. The number of aromatic nitrogens is 1. The molecule has 2 aliphatic rings. The van der Waals surface area contributed by atoms with Crippen LogP contribution in [0.25, 0.3) is 0 Å². The summed E-state index contributed by atoms with van der Waals surface area (Å²) in [6, 6.07) is 2.22. The maximum atomic E-state index is 6.13. The summed E-state index contributed by atoms with van der Waals surface area (Å²) in [7, 11) is -0.323. The zero-order valence-corrected chi connectivity index (χ0v) is 14.9. The smallest absolute Gasteiger partial charge is 0.399 e. The predicted octanol–water partition coefficient (Wildman–Crippen LogP) is 3.80. The van der Waals surface area contributed by atoms with Crippen LogP contribution in [-0.2, 0) is 9.31 Å². The second-order valence-electron chi connectivity index (χ2n) is 7.22. The van der Waals surface area contributed by atoms with Crippen molar-refractivity contribution >= 4 is 28.5 Å². The Bertz CT molecular complexity index is 525. The number of halogens is 1. The van der Waals surface area contributed by atoms with Crippen molar-refractivity contribution in [2.45, 2.75) is 70.5 Å². The van der Waals surface area contributed by atoms with Gasteiger partial charge in [-0.15, -0.1) is 0 Å². The molecule has 114 valence electrons. The monoisotopic (exact) mass is 351 g/mol. The summed E-state index contributed by atoms with van der Waals surface area (Å²) in [5, 5.41) is 0. The first-order valence-electron chi connectivity index (χ1n) is 7.81. The highest BCUT2D eigenvalue weighted by Gasteiger charge is 2.51. The van der Waals surface area contributed by atoms with Gasteiger partial charge in [0.25, 0.3) is 0 Å². The first kappa shape index (κ1) is 15.5. The fraction of sp³-hybridized carbons (Fsp3) is 0.688. The van der Waals surface area contributed by atoms with Gasteiger partial charge in [-0.3, -0.25) is 0 Å². The van der Waals surface area contributed by atoms with Crippen molar-refractivity contribution in [1.29, 1.82) is 0 Å². The van der Waals surface area contributed by atoms with Gasteiger partial charge in [-0.2, -0.15) is 0 Å². The maximum absolute atomic E-state index is 6.13. The average Bonchev–Trinajstić information content (AvgIpc) is 2.97. The molecule has 0 aromatic carbocycles. The van der Waals surface area contributed by atoms with E-state index >= 15 is 0 Å². The van der Waals surface area contributed by atoms with Crippen molar-refractivity contribution in [3.8, 4) is 0 Å². The molecule has 2 fully saturated rings. The third-order valence-corrected chi connectivity index (χ3v) is 5.87. The average molecular weight is 352 g/mol. The molecule has 0 amide bonds. The van der Waals surface area contributed by atoms with Crippen LogP contribution >= 0.6 is 15.9 Å². The number of nitrogens with zero attached hydrogens (tertiary/aromatic N) is 1. The molecule has 0 atom stereocenters. The molecule has 0 radical (unpaired) electrons. The number of hydrogen-bond acceptors (Lipinski definition) is 3. The van der Waals surface area contributed by atoms with E-state index in [4.69, 9.17) is 9.31 Å². The molecule has 1 aliphatic carbocycles. The third-order valence-electron chi connectivity index (χ3n) is 5.21. The van der Waals surface area contributed by atoms with Crippen LogP contribution in [0.3, 0.4) is 0 Å². The summed E-state index contributed by atoms with van der Waals surface area (Å²) in [6.45, 7) is 8.32. The molecule has 0 bridgehead atoms. The van der Waals surface area contributed by atoms with E-state index in [9.17, 15) is 0 Å². The van der Waals surface area contributed by atoms with Crippen LogP contribution in [-0.4, -0.2) is 23.3 Å². The maximum Gasteiger partial charge on any atom is 0.496 e. The van der Waals surface area contributed by atoms with Crippen LogP contribution in [0.4, 0.5) is 0 Å². The fourth-order valence-electron chi connectivity index (χ4n) is 3.11. The van der Waals surface area contributed by atoms with Gasteiger partial charge in [0.15, 0.2) is 0 Å². The van der Waals surface area contributed by atoms with Gasteiger partial charge < -0.3 is 9.31 Å². The molecule has 3 nitrogen and oxygen atoms in total. The minimum absolute atomic E-state index is 0.307. The van der Waals surface area contributed by atoms with E-state index in [1.807, 2.05) is 6.20 Å². The summed E-state index contributed by atoms with van der Waals surface area (Å²) in [4.78, 5) is 4.52. The van der Waals surface area contributed by atoms with Crippen molar-refractivity contribution in [1.82, 2.24) is 4.98 Å². The standard InChI is InChI=1S/C16H23BBrNO2/c1-15(2)16(3,4)21-17(20-15)12-9-13(14(18)19-10-12)11-7-5-6-8-11/h9-11H,5-8H2,1-4H3. The van der Waals surface area contributed by atoms with Crippen molar-refractivity contribution in [2.75, 3.05) is 0 Å². The lowest BCUT2D eigenvalue weighted by molar-refractivity contribution is 0.00578. The molecule has 0 N–H and O–H groups in total. The highest BCUT2D eigenvalue weighted by Crippen LogP contribution is 2.38. The van der Waals surface area contributed by atoms with Crippen molar-refractivity contribution in [3.05, 3.63) is 22.4 Å². The van der Waals surface area contributed by atoms with Crippen molar-refractivity contribution in [2.24, 2.45) is 0 Å². The van der Waals surface area contributed by atoms with Crippen LogP contribution in [0, 0.1) is 0 Å². The van der Waals surface area contributed by atoms with Gasteiger partial charge in [-0.1, -0.05) is 18.9 Å². The Hall–Kier alpha value is -0.385. The Morgan fingerprint density at radius 1 is 1.14 bits per heavy atom. The fourth-order valence-corrected chi connectivity index (χ4v) is 3.65. The van der Waals surface area contributed by atoms with E-state index in [0.717, 1.165) is 10.1 Å². The zero-order chi connectivity index (χ0) is 15.3. The van der Waals surface area contributed by atoms with Crippen LogP contribution in [0.1, 0.15) is 64.9 Å². The number of rotatable bonds is 2. The molecule has 1 saturated carbocycles. The van der Waals surface area contributed by atoms with Crippen LogP contribution in [0.15, 0.2) is 16.9 Å². The van der Waals surface area contributed by atoms with E-state index in [1.165, 1.54) is 31.2 Å². The largest absolute Gasteiger partial charge is 0.496 e. The second-order valence-corrected chi connectivity index (χ2v) is 7.97. The van der Waals surface area contributed by atoms with Crippen LogP contribution < -0.4 is 5.46 Å². The summed E-state index contributed by atoms with van der Waals surface area (Å²) in [5.74, 6) is 0.620. The highest BCUT2D eigenvalue weighted by molar-refractivity contribution is 9.10. The Morgan fingerprint density at radius 3 is 2.29 bits per heavy atom. The lowest BCUT2D eigenvalue weighted by Crippen LogP contribution is -2.41. The van der Waals surface area contributed by atoms with E-state index in [0.29, 0.717) is 5.92 Å². The van der Waals surface area contributed by atoms with E-state index in [2.05, 4.69) is 54.7 Å². The molecule has 3 rings (SSSR count). The molecular weight excluding hydrogens is 329 g/mol. The Labute approximate surface area is 136 Å². The van der Waals surface area contributed by atoms with Gasteiger partial charge in [-0.05, 0) is 67.9 Å². The molecule has 21 heavy (non-hydrogen) atoms. The van der Waals surface area contributed by atoms with Gasteiger partial charge >= 0.3 is 7.12 Å². The minimum Gasteiger partial charge on any atom is -0.399 e. The molecule has 1 aromatic heterocycles. The van der Waals surface area contributed by atoms with E-state index in [-0.39, 0.29) is 18.3 Å². The first-order chi connectivity index (χ1) is 9.80. The van der Waals surface area contributed by atoms with Gasteiger partial charge in [0.2, 0.25) is 0 Å². The van der Waals surface area contributed by atoms with E-state index < -0.39 is 0 Å². The Morgan fingerprint density at radius 2 is 1.71 bits per heavy atom. The zero-order valence-electron chi connectivity index (χ0n) is 13.3. The van der Waals surface area contributed by atoms with Gasteiger partial charge in [-0.25, -0.2) is 4.98 Å². The van der Waals surface area contributed by atoms with E-state index in [1.54, 1.807) is 0 Å². The molecule has 1 saturated heterocycles. The van der Waals surface area contributed by atoms with Crippen LogP contribution in [0.2, 0.25) is 0 Å². The predicted molar refractivity (Wildman–Crippen MR) is 88.9 cm³/mol. The number of pyridine rings is 1. The summed E-state index contributed by atoms with van der Waals surface area (Å²) < 4.78 is 13.2. The lowest BCUT2D eigenvalue weighted by atomic mass is 9.78. The third kappa shape index (κ3) is 2.80. The molecule has 0 spiro atoms. The quantitative estimate of drug-likeness (QED) is 0.599. The second kappa shape index (κ2) is 5.36. The van der Waals surface area contributed by atoms with Crippen molar-refractivity contribution < 1.29 is 9.31 Å². The molecule has 5 heteroatoms. The Kier molecular flexibility index (Phi) is 3.96. The van der Waals surface area contributed by atoms with Gasteiger partial charge in [0.1, 0.15) is 4.60 Å². The van der Waals surface area contributed by atoms with Gasteiger partial charge in [0.05, 0.1) is 11.2 Å². The molecule has 1 aliphatic heterocycles. The highest BCUT2D eigenvalue weighted by atomic mass is 79.9. The minimum atomic E-state index is -0.323. The molecule has 2 heterocycles. The molecule has 0 unspecified atom stereocenters. The SMILES string of the molecule is CC1(C)OB(c2cnc(Br)c(C3CCCC3)c2)OC1(C)C. The summed E-state index contributed by atoms with van der Waals surface area (Å²) >= 11 is 3.60.